The van der Waals surface area contributed by atoms with Crippen LogP contribution in [-0.4, -0.2) is 38.7 Å². The summed E-state index contributed by atoms with van der Waals surface area (Å²) in [5.41, 5.74) is 0.718. The summed E-state index contributed by atoms with van der Waals surface area (Å²) in [7, 11) is 1.31. The van der Waals surface area contributed by atoms with Crippen LogP contribution in [0.2, 0.25) is 0 Å². The van der Waals surface area contributed by atoms with Crippen LogP contribution in [-0.2, 0) is 6.42 Å². The summed E-state index contributed by atoms with van der Waals surface area (Å²) in [6.45, 7) is 0. The minimum absolute atomic E-state index is 0.0743. The van der Waals surface area contributed by atoms with Gasteiger partial charge in [0.2, 0.25) is 5.75 Å². The molecule has 2 atom stereocenters. The van der Waals surface area contributed by atoms with E-state index in [2.05, 4.69) is 0 Å². The van der Waals surface area contributed by atoms with Gasteiger partial charge in [0.1, 0.15) is 17.2 Å². The summed E-state index contributed by atoms with van der Waals surface area (Å²) in [6, 6.07) is 5.14. The van der Waals surface area contributed by atoms with Crippen LogP contribution in [0.3, 0.4) is 0 Å². The molecule has 0 unspecified atom stereocenters. The average molecular weight is 320 g/mol. The van der Waals surface area contributed by atoms with Crippen LogP contribution < -0.4 is 9.47 Å². The first-order valence-corrected chi connectivity index (χ1v) is 6.90. The van der Waals surface area contributed by atoms with Gasteiger partial charge in [0.15, 0.2) is 17.6 Å². The number of hydrogen-bond donors (Lipinski definition) is 5. The molecule has 1 aliphatic heterocycles. The Morgan fingerprint density at radius 3 is 2.26 bits per heavy atom. The van der Waals surface area contributed by atoms with E-state index in [9.17, 15) is 25.5 Å². The van der Waals surface area contributed by atoms with E-state index in [0.717, 1.165) is 0 Å². The number of aliphatic hydroxyl groups excluding tert-OH is 1. The molecule has 0 saturated carbocycles. The van der Waals surface area contributed by atoms with Crippen LogP contribution in [0.5, 0.6) is 34.5 Å². The van der Waals surface area contributed by atoms with E-state index in [1.54, 1.807) is 0 Å². The predicted molar refractivity (Wildman–Crippen MR) is 79.2 cm³/mol. The molecular formula is C16H16O7. The molecule has 0 saturated heterocycles. The molecule has 0 amide bonds. The quantitative estimate of drug-likeness (QED) is 0.569. The second-order valence-corrected chi connectivity index (χ2v) is 5.34. The monoisotopic (exact) mass is 320 g/mol. The van der Waals surface area contributed by atoms with Crippen molar-refractivity contribution >= 4 is 0 Å². The summed E-state index contributed by atoms with van der Waals surface area (Å²) in [6.07, 6.45) is -1.80. The fourth-order valence-electron chi connectivity index (χ4n) is 2.74. The zero-order valence-electron chi connectivity index (χ0n) is 12.2. The molecule has 23 heavy (non-hydrogen) atoms. The molecule has 5 N–H and O–H groups in total. The fourth-order valence-corrected chi connectivity index (χ4v) is 2.74. The third-order valence-corrected chi connectivity index (χ3v) is 3.79. The second kappa shape index (κ2) is 5.44. The number of phenolic OH excluding ortho intramolecular Hbond substituents is 4. The van der Waals surface area contributed by atoms with Crippen LogP contribution in [0.1, 0.15) is 17.2 Å². The molecule has 122 valence electrons. The van der Waals surface area contributed by atoms with E-state index >= 15 is 0 Å². The van der Waals surface area contributed by atoms with E-state index in [1.165, 1.54) is 31.4 Å². The van der Waals surface area contributed by atoms with Crippen LogP contribution in [0.15, 0.2) is 24.3 Å². The third-order valence-electron chi connectivity index (χ3n) is 3.79. The first-order chi connectivity index (χ1) is 10.9. The highest BCUT2D eigenvalue weighted by Gasteiger charge is 2.33. The van der Waals surface area contributed by atoms with E-state index < -0.39 is 12.2 Å². The normalized spacial score (nSPS) is 19.7. The van der Waals surface area contributed by atoms with Gasteiger partial charge in [0.25, 0.3) is 0 Å². The van der Waals surface area contributed by atoms with Crippen molar-refractivity contribution in [3.8, 4) is 34.5 Å². The number of benzene rings is 2. The highest BCUT2D eigenvalue weighted by molar-refractivity contribution is 5.55. The summed E-state index contributed by atoms with van der Waals surface area (Å²) in [5.74, 6) is -0.761. The van der Waals surface area contributed by atoms with Gasteiger partial charge in [0, 0.05) is 29.7 Å². The summed E-state index contributed by atoms with van der Waals surface area (Å²) < 4.78 is 10.5. The van der Waals surface area contributed by atoms with Gasteiger partial charge < -0.3 is 35.0 Å². The standard InChI is InChI=1S/C16H16O7/c1-22-16-11(19)2-7(3-12(16)20)15-13(21)6-9-10(18)4-8(17)5-14(9)23-15/h2-5,13,15,17-21H,6H2,1H3/t13-,15-/m0/s1. The largest absolute Gasteiger partial charge is 0.508 e. The van der Waals surface area contributed by atoms with Gasteiger partial charge in [-0.2, -0.15) is 0 Å². The van der Waals surface area contributed by atoms with Crippen molar-refractivity contribution in [2.45, 2.75) is 18.6 Å². The van der Waals surface area contributed by atoms with E-state index in [0.29, 0.717) is 11.1 Å². The lowest BCUT2D eigenvalue weighted by atomic mass is 9.93. The lowest BCUT2D eigenvalue weighted by Crippen LogP contribution is -2.30. The van der Waals surface area contributed by atoms with Crippen LogP contribution in [0, 0.1) is 0 Å². The van der Waals surface area contributed by atoms with Crippen molar-refractivity contribution in [2.24, 2.45) is 0 Å². The first-order valence-electron chi connectivity index (χ1n) is 6.90. The van der Waals surface area contributed by atoms with Crippen molar-refractivity contribution in [3.63, 3.8) is 0 Å². The molecule has 7 heteroatoms. The molecule has 2 aromatic carbocycles. The number of aromatic hydroxyl groups is 4. The van der Waals surface area contributed by atoms with E-state index in [-0.39, 0.29) is 40.9 Å². The predicted octanol–water partition coefficient (Wildman–Crippen LogP) is 1.55. The van der Waals surface area contributed by atoms with Gasteiger partial charge in [-0.15, -0.1) is 0 Å². The minimum Gasteiger partial charge on any atom is -0.508 e. The Morgan fingerprint density at radius 1 is 1.00 bits per heavy atom. The highest BCUT2D eigenvalue weighted by Crippen LogP contribution is 2.44. The van der Waals surface area contributed by atoms with Gasteiger partial charge in [-0.3, -0.25) is 0 Å². The zero-order chi connectivity index (χ0) is 16.7. The Hall–Kier alpha value is -2.80. The maximum Gasteiger partial charge on any atom is 0.202 e. The number of aliphatic hydroxyl groups is 1. The Balaban J connectivity index is 2.01. The van der Waals surface area contributed by atoms with Gasteiger partial charge in [-0.1, -0.05) is 0 Å². The van der Waals surface area contributed by atoms with Crippen LogP contribution >= 0.6 is 0 Å². The summed E-state index contributed by atoms with van der Waals surface area (Å²) >= 11 is 0. The summed E-state index contributed by atoms with van der Waals surface area (Å²) in [4.78, 5) is 0. The Kier molecular flexibility index (Phi) is 3.57. The molecule has 0 fully saturated rings. The Bertz CT molecular complexity index is 733. The third kappa shape index (κ3) is 2.55. The maximum atomic E-state index is 10.3. The number of fused-ring (bicyclic) bond motifs is 1. The molecule has 0 spiro atoms. The number of rotatable bonds is 2. The lowest BCUT2D eigenvalue weighted by Gasteiger charge is -2.31. The van der Waals surface area contributed by atoms with Crippen molar-refractivity contribution in [1.29, 1.82) is 0 Å². The first kappa shape index (κ1) is 15.1. The number of ether oxygens (including phenoxy) is 2. The number of hydrogen-bond acceptors (Lipinski definition) is 7. The van der Waals surface area contributed by atoms with Gasteiger partial charge in [0.05, 0.1) is 13.2 Å². The van der Waals surface area contributed by atoms with Gasteiger partial charge >= 0.3 is 0 Å². The highest BCUT2D eigenvalue weighted by atomic mass is 16.5. The van der Waals surface area contributed by atoms with Crippen molar-refractivity contribution in [2.75, 3.05) is 7.11 Å². The lowest BCUT2D eigenvalue weighted by molar-refractivity contribution is 0.0196. The number of methoxy groups -OCH3 is 1. The molecule has 0 bridgehead atoms. The molecular weight excluding hydrogens is 304 g/mol. The average Bonchev–Trinajstić information content (AvgIpc) is 2.47. The molecule has 3 rings (SSSR count). The second-order valence-electron chi connectivity index (χ2n) is 5.34. The molecule has 1 aliphatic rings. The zero-order valence-corrected chi connectivity index (χ0v) is 12.2. The molecule has 1 heterocycles. The van der Waals surface area contributed by atoms with Crippen molar-refractivity contribution < 1.29 is 35.0 Å². The van der Waals surface area contributed by atoms with Gasteiger partial charge in [-0.25, -0.2) is 0 Å². The SMILES string of the molecule is COc1c(O)cc([C@@H]2Oc3cc(O)cc(O)c3C[C@@H]2O)cc1O. The van der Waals surface area contributed by atoms with Crippen molar-refractivity contribution in [3.05, 3.63) is 35.4 Å². The topological polar surface area (TPSA) is 120 Å². The maximum absolute atomic E-state index is 10.3. The Morgan fingerprint density at radius 2 is 1.65 bits per heavy atom. The van der Waals surface area contributed by atoms with Crippen LogP contribution in [0.4, 0.5) is 0 Å². The van der Waals surface area contributed by atoms with Crippen molar-refractivity contribution in [1.82, 2.24) is 0 Å². The minimum atomic E-state index is -1.01. The van der Waals surface area contributed by atoms with Crippen LogP contribution in [0.25, 0.3) is 0 Å². The number of phenols is 4. The van der Waals surface area contributed by atoms with E-state index in [1.807, 2.05) is 0 Å². The van der Waals surface area contributed by atoms with E-state index in [4.69, 9.17) is 9.47 Å². The molecule has 0 radical (unpaired) electrons. The smallest absolute Gasteiger partial charge is 0.202 e. The molecule has 0 aliphatic carbocycles. The summed E-state index contributed by atoms with van der Waals surface area (Å²) in [5, 5.41) is 49.4. The van der Waals surface area contributed by atoms with Gasteiger partial charge in [-0.05, 0) is 12.1 Å². The molecule has 0 aromatic heterocycles. The fraction of sp³-hybridized carbons (Fsp3) is 0.250. The Labute approximate surface area is 131 Å². The molecule has 7 nitrogen and oxygen atoms in total. The molecule has 2 aromatic rings.